The van der Waals surface area contributed by atoms with E-state index in [9.17, 15) is 4.79 Å². The lowest BCUT2D eigenvalue weighted by Crippen LogP contribution is -2.10. The zero-order valence-corrected chi connectivity index (χ0v) is 11.7. The van der Waals surface area contributed by atoms with E-state index >= 15 is 0 Å². The number of rotatable bonds is 2. The van der Waals surface area contributed by atoms with Crippen LogP contribution in [0.15, 0.2) is 42.7 Å². The van der Waals surface area contributed by atoms with Crippen LogP contribution in [0, 0.1) is 0 Å². The van der Waals surface area contributed by atoms with E-state index in [4.69, 9.17) is 28.9 Å². The number of fused-ring (bicyclic) bond motifs is 1. The highest BCUT2D eigenvalue weighted by Gasteiger charge is 2.10. The maximum Gasteiger partial charge on any atom is 0.248 e. The molecule has 3 aromatic rings. The number of primary amides is 1. The SMILES string of the molecule is NC(=O)c1cccc(-c2cn3cc(Cl)cc(Cl)c3n2)c1. The minimum atomic E-state index is -0.475. The Morgan fingerprint density at radius 1 is 1.20 bits per heavy atom. The molecule has 2 heterocycles. The molecule has 0 atom stereocenters. The smallest absolute Gasteiger partial charge is 0.248 e. The van der Waals surface area contributed by atoms with E-state index in [1.54, 1.807) is 41.1 Å². The summed E-state index contributed by atoms with van der Waals surface area (Å²) in [6.45, 7) is 0. The number of carbonyl (C=O) groups excluding carboxylic acids is 1. The van der Waals surface area contributed by atoms with Gasteiger partial charge in [-0.25, -0.2) is 4.98 Å². The standard InChI is InChI=1S/C14H9Cl2N3O/c15-10-5-11(16)14-18-12(7-19(14)6-10)8-2-1-3-9(4-8)13(17)20/h1-7H,(H2,17,20). The van der Waals surface area contributed by atoms with Crippen molar-refractivity contribution in [2.24, 2.45) is 5.73 Å². The molecule has 0 fully saturated rings. The Bertz CT molecular complexity index is 826. The third-order valence-corrected chi connectivity index (χ3v) is 3.40. The topological polar surface area (TPSA) is 60.4 Å². The molecule has 0 bridgehead atoms. The molecule has 100 valence electrons. The number of hydrogen-bond donors (Lipinski definition) is 1. The number of imidazole rings is 1. The zero-order valence-electron chi connectivity index (χ0n) is 10.2. The highest BCUT2D eigenvalue weighted by atomic mass is 35.5. The average Bonchev–Trinajstić information content (AvgIpc) is 2.83. The molecular weight excluding hydrogens is 297 g/mol. The molecule has 0 radical (unpaired) electrons. The van der Waals surface area contributed by atoms with Gasteiger partial charge in [0.1, 0.15) is 0 Å². The van der Waals surface area contributed by atoms with E-state index in [2.05, 4.69) is 4.98 Å². The molecule has 2 N–H and O–H groups in total. The Hall–Kier alpha value is -2.04. The van der Waals surface area contributed by atoms with Crippen LogP contribution in [0.4, 0.5) is 0 Å². The predicted molar refractivity (Wildman–Crippen MR) is 79.2 cm³/mol. The van der Waals surface area contributed by atoms with Gasteiger partial charge >= 0.3 is 0 Å². The van der Waals surface area contributed by atoms with Crippen molar-refractivity contribution < 1.29 is 4.79 Å². The van der Waals surface area contributed by atoms with Crippen LogP contribution < -0.4 is 5.73 Å². The van der Waals surface area contributed by atoms with Crippen LogP contribution in [0.5, 0.6) is 0 Å². The van der Waals surface area contributed by atoms with Crippen molar-refractivity contribution in [1.29, 1.82) is 0 Å². The second kappa shape index (κ2) is 4.81. The molecule has 0 aliphatic heterocycles. The normalized spacial score (nSPS) is 10.9. The van der Waals surface area contributed by atoms with E-state index in [-0.39, 0.29) is 0 Å². The van der Waals surface area contributed by atoms with Gasteiger partial charge in [0.2, 0.25) is 5.91 Å². The number of pyridine rings is 1. The number of halogens is 2. The lowest BCUT2D eigenvalue weighted by molar-refractivity contribution is 0.100. The Labute approximate surface area is 124 Å². The summed E-state index contributed by atoms with van der Waals surface area (Å²) >= 11 is 12.1. The molecule has 0 aliphatic carbocycles. The molecule has 3 rings (SSSR count). The number of amides is 1. The quantitative estimate of drug-likeness (QED) is 0.788. The van der Waals surface area contributed by atoms with Gasteiger partial charge in [0.15, 0.2) is 5.65 Å². The third kappa shape index (κ3) is 2.24. The van der Waals surface area contributed by atoms with Crippen LogP contribution in [-0.4, -0.2) is 15.3 Å². The first-order chi connectivity index (χ1) is 9.54. The second-order valence-corrected chi connectivity index (χ2v) is 5.15. The Morgan fingerprint density at radius 3 is 2.75 bits per heavy atom. The van der Waals surface area contributed by atoms with Gasteiger partial charge in [-0.05, 0) is 18.2 Å². The first kappa shape index (κ1) is 13.0. The maximum absolute atomic E-state index is 11.2. The summed E-state index contributed by atoms with van der Waals surface area (Å²) in [5, 5.41) is 0.993. The van der Waals surface area contributed by atoms with Gasteiger partial charge in [0.05, 0.1) is 15.7 Å². The largest absolute Gasteiger partial charge is 0.366 e. The molecule has 4 nitrogen and oxygen atoms in total. The Morgan fingerprint density at radius 2 is 2.00 bits per heavy atom. The minimum Gasteiger partial charge on any atom is -0.366 e. The van der Waals surface area contributed by atoms with Crippen LogP contribution in [0.2, 0.25) is 10.0 Å². The minimum absolute atomic E-state index is 0.434. The van der Waals surface area contributed by atoms with E-state index < -0.39 is 5.91 Å². The first-order valence-corrected chi connectivity index (χ1v) is 6.54. The van der Waals surface area contributed by atoms with E-state index in [1.807, 2.05) is 6.07 Å². The summed E-state index contributed by atoms with van der Waals surface area (Å²) in [4.78, 5) is 15.7. The van der Waals surface area contributed by atoms with E-state index in [0.717, 1.165) is 5.56 Å². The van der Waals surface area contributed by atoms with Crippen LogP contribution in [-0.2, 0) is 0 Å². The Balaban J connectivity index is 2.17. The summed E-state index contributed by atoms with van der Waals surface area (Å²) in [5.74, 6) is -0.475. The second-order valence-electron chi connectivity index (χ2n) is 4.31. The van der Waals surface area contributed by atoms with Crippen LogP contribution in [0.3, 0.4) is 0 Å². The fourth-order valence-corrected chi connectivity index (χ4v) is 2.52. The van der Waals surface area contributed by atoms with Crippen molar-refractivity contribution in [1.82, 2.24) is 9.38 Å². The zero-order chi connectivity index (χ0) is 14.3. The summed E-state index contributed by atoms with van der Waals surface area (Å²) in [5.41, 5.74) is 7.80. The lowest BCUT2D eigenvalue weighted by Gasteiger charge is -1.98. The van der Waals surface area contributed by atoms with Gasteiger partial charge in [-0.1, -0.05) is 35.3 Å². The molecule has 0 saturated heterocycles. The molecule has 2 aromatic heterocycles. The summed E-state index contributed by atoms with van der Waals surface area (Å²) in [7, 11) is 0. The van der Waals surface area contributed by atoms with Crippen molar-refractivity contribution in [3.05, 3.63) is 58.3 Å². The van der Waals surface area contributed by atoms with Gasteiger partial charge < -0.3 is 10.1 Å². The fourth-order valence-electron chi connectivity index (χ4n) is 2.00. The average molecular weight is 306 g/mol. The number of aromatic nitrogens is 2. The van der Waals surface area contributed by atoms with Gasteiger partial charge in [-0.3, -0.25) is 4.79 Å². The van der Waals surface area contributed by atoms with Gasteiger partial charge in [0, 0.05) is 23.5 Å². The third-order valence-electron chi connectivity index (χ3n) is 2.92. The van der Waals surface area contributed by atoms with Gasteiger partial charge in [-0.15, -0.1) is 0 Å². The molecule has 0 saturated carbocycles. The van der Waals surface area contributed by atoms with Crippen LogP contribution >= 0.6 is 23.2 Å². The number of nitrogens with two attached hydrogens (primary N) is 1. The number of hydrogen-bond acceptors (Lipinski definition) is 2. The molecule has 1 aromatic carbocycles. The van der Waals surface area contributed by atoms with Crippen molar-refractivity contribution >= 4 is 34.8 Å². The number of carbonyl (C=O) groups is 1. The Kier molecular flexibility index (Phi) is 3.12. The fraction of sp³-hybridized carbons (Fsp3) is 0. The van der Waals surface area contributed by atoms with Crippen molar-refractivity contribution in [2.45, 2.75) is 0 Å². The molecule has 6 heteroatoms. The lowest BCUT2D eigenvalue weighted by atomic mass is 10.1. The van der Waals surface area contributed by atoms with Crippen molar-refractivity contribution in [2.75, 3.05) is 0 Å². The van der Waals surface area contributed by atoms with Crippen LogP contribution in [0.25, 0.3) is 16.9 Å². The molecule has 1 amide bonds. The van der Waals surface area contributed by atoms with Crippen molar-refractivity contribution in [3.63, 3.8) is 0 Å². The molecular formula is C14H9Cl2N3O. The predicted octanol–water partition coefficient (Wildman–Crippen LogP) is 3.41. The summed E-state index contributed by atoms with van der Waals surface area (Å²) in [6, 6.07) is 8.60. The van der Waals surface area contributed by atoms with Gasteiger partial charge in [-0.2, -0.15) is 0 Å². The maximum atomic E-state index is 11.2. The summed E-state index contributed by atoms with van der Waals surface area (Å²) < 4.78 is 1.75. The molecule has 0 aliphatic rings. The van der Waals surface area contributed by atoms with Crippen LogP contribution in [0.1, 0.15) is 10.4 Å². The van der Waals surface area contributed by atoms with Crippen molar-refractivity contribution in [3.8, 4) is 11.3 Å². The molecule has 20 heavy (non-hydrogen) atoms. The van der Waals surface area contributed by atoms with E-state index in [0.29, 0.717) is 26.9 Å². The number of benzene rings is 1. The molecule has 0 spiro atoms. The van der Waals surface area contributed by atoms with Gasteiger partial charge in [0.25, 0.3) is 0 Å². The number of nitrogens with zero attached hydrogens (tertiary/aromatic N) is 2. The first-order valence-electron chi connectivity index (χ1n) is 5.78. The monoisotopic (exact) mass is 305 g/mol. The highest BCUT2D eigenvalue weighted by Crippen LogP contribution is 2.26. The van der Waals surface area contributed by atoms with E-state index in [1.165, 1.54) is 0 Å². The highest BCUT2D eigenvalue weighted by molar-refractivity contribution is 6.36. The molecule has 0 unspecified atom stereocenters. The summed E-state index contributed by atoms with van der Waals surface area (Å²) in [6.07, 6.45) is 3.52.